The Morgan fingerprint density at radius 1 is 1.31 bits per heavy atom. The summed E-state index contributed by atoms with van der Waals surface area (Å²) in [4.78, 5) is 14.0. The van der Waals surface area contributed by atoms with E-state index in [2.05, 4.69) is 4.90 Å². The first-order valence-electron chi connectivity index (χ1n) is 6.32. The van der Waals surface area contributed by atoms with Crippen LogP contribution in [-0.4, -0.2) is 36.5 Å². The minimum atomic E-state index is -1.28. The van der Waals surface area contributed by atoms with Crippen LogP contribution in [0.15, 0.2) is 0 Å². The van der Waals surface area contributed by atoms with Crippen LogP contribution in [0.5, 0.6) is 0 Å². The zero-order valence-corrected chi connectivity index (χ0v) is 10.8. The summed E-state index contributed by atoms with van der Waals surface area (Å²) in [6.07, 6.45) is 2.43. The van der Waals surface area contributed by atoms with E-state index in [1.54, 1.807) is 20.8 Å². The second kappa shape index (κ2) is 5.76. The molecular formula is C13H24FNO. The summed E-state index contributed by atoms with van der Waals surface area (Å²) in [6.45, 7) is 8.57. The number of halogens is 1. The Bertz CT molecular complexity index is 229. The molecule has 0 N–H and O–H groups in total. The SMILES string of the molecule is CC(C)(C)C(=O)[C@H](F)CCCN1CCCC1. The number of alkyl halides is 1. The standard InChI is InChI=1S/C13H24FNO/c1-13(2,3)12(16)11(14)7-6-10-15-8-4-5-9-15/h11H,4-10H2,1-3H3/t11-/m1/s1. The molecule has 1 aliphatic rings. The molecule has 0 aromatic carbocycles. The fourth-order valence-electron chi connectivity index (χ4n) is 2.10. The highest BCUT2D eigenvalue weighted by molar-refractivity contribution is 5.87. The van der Waals surface area contributed by atoms with Crippen LogP contribution in [0, 0.1) is 5.41 Å². The maximum atomic E-state index is 13.6. The summed E-state index contributed by atoms with van der Waals surface area (Å²) < 4.78 is 13.6. The van der Waals surface area contributed by atoms with Gasteiger partial charge < -0.3 is 4.90 Å². The van der Waals surface area contributed by atoms with Gasteiger partial charge in [0.2, 0.25) is 0 Å². The second-order valence-corrected chi connectivity index (χ2v) is 5.77. The number of hydrogen-bond donors (Lipinski definition) is 0. The molecule has 1 heterocycles. The number of carbonyl (C=O) groups excluding carboxylic acids is 1. The van der Waals surface area contributed by atoms with Crippen molar-refractivity contribution in [3.05, 3.63) is 0 Å². The third-order valence-corrected chi connectivity index (χ3v) is 3.15. The molecule has 0 aromatic heterocycles. The zero-order valence-electron chi connectivity index (χ0n) is 10.8. The highest BCUT2D eigenvalue weighted by Crippen LogP contribution is 2.21. The molecule has 0 amide bonds. The van der Waals surface area contributed by atoms with Crippen molar-refractivity contribution in [1.29, 1.82) is 0 Å². The minimum absolute atomic E-state index is 0.256. The molecule has 2 nitrogen and oxygen atoms in total. The van der Waals surface area contributed by atoms with E-state index in [1.165, 1.54) is 12.8 Å². The Morgan fingerprint density at radius 2 is 1.88 bits per heavy atom. The van der Waals surface area contributed by atoms with Crippen LogP contribution in [0.2, 0.25) is 0 Å². The van der Waals surface area contributed by atoms with Crippen LogP contribution in [0.4, 0.5) is 4.39 Å². The van der Waals surface area contributed by atoms with Crippen LogP contribution in [0.1, 0.15) is 46.5 Å². The molecule has 0 bridgehead atoms. The first-order chi connectivity index (χ1) is 7.41. The van der Waals surface area contributed by atoms with Crippen molar-refractivity contribution >= 4 is 5.78 Å². The minimum Gasteiger partial charge on any atom is -0.303 e. The number of nitrogens with zero attached hydrogens (tertiary/aromatic N) is 1. The maximum absolute atomic E-state index is 13.6. The summed E-state index contributed by atoms with van der Waals surface area (Å²) >= 11 is 0. The van der Waals surface area contributed by atoms with Crippen LogP contribution in [0.3, 0.4) is 0 Å². The van der Waals surface area contributed by atoms with Crippen molar-refractivity contribution < 1.29 is 9.18 Å². The first-order valence-corrected chi connectivity index (χ1v) is 6.32. The molecule has 1 saturated heterocycles. The van der Waals surface area contributed by atoms with Gasteiger partial charge in [0.15, 0.2) is 12.0 Å². The molecule has 1 aliphatic heterocycles. The van der Waals surface area contributed by atoms with Crippen LogP contribution < -0.4 is 0 Å². The van der Waals surface area contributed by atoms with Crippen molar-refractivity contribution in [2.75, 3.05) is 19.6 Å². The summed E-state index contributed by atoms with van der Waals surface area (Å²) in [5.41, 5.74) is -0.549. The van der Waals surface area contributed by atoms with Gasteiger partial charge >= 0.3 is 0 Å². The van der Waals surface area contributed by atoms with E-state index in [-0.39, 0.29) is 5.78 Å². The van der Waals surface area contributed by atoms with E-state index in [0.717, 1.165) is 26.1 Å². The molecule has 3 heteroatoms. The van der Waals surface area contributed by atoms with Gasteiger partial charge in [0.05, 0.1) is 0 Å². The third-order valence-electron chi connectivity index (χ3n) is 3.15. The van der Waals surface area contributed by atoms with Crippen molar-refractivity contribution in [2.45, 2.75) is 52.6 Å². The van der Waals surface area contributed by atoms with Gasteiger partial charge in [-0.25, -0.2) is 4.39 Å². The smallest absolute Gasteiger partial charge is 0.172 e. The van der Waals surface area contributed by atoms with E-state index in [0.29, 0.717) is 6.42 Å². The Kier molecular flexibility index (Phi) is 4.90. The summed E-state index contributed by atoms with van der Waals surface area (Å²) in [6, 6.07) is 0. The predicted octanol–water partition coefficient (Wildman–Crippen LogP) is 2.82. The molecule has 94 valence electrons. The van der Waals surface area contributed by atoms with Crippen LogP contribution in [-0.2, 0) is 4.79 Å². The number of hydrogen-bond acceptors (Lipinski definition) is 2. The normalized spacial score (nSPS) is 20.0. The van der Waals surface area contributed by atoms with Gasteiger partial charge in [-0.1, -0.05) is 20.8 Å². The lowest BCUT2D eigenvalue weighted by atomic mass is 9.87. The molecule has 1 atom stereocenters. The van der Waals surface area contributed by atoms with E-state index in [9.17, 15) is 9.18 Å². The van der Waals surface area contributed by atoms with Gasteiger partial charge in [-0.05, 0) is 45.3 Å². The first kappa shape index (κ1) is 13.6. The number of Topliss-reactive ketones (excluding diaryl/α,β-unsaturated/α-hetero) is 1. The quantitative estimate of drug-likeness (QED) is 0.722. The van der Waals surface area contributed by atoms with Gasteiger partial charge in [-0.2, -0.15) is 0 Å². The average Bonchev–Trinajstić information content (AvgIpc) is 2.67. The van der Waals surface area contributed by atoms with Crippen molar-refractivity contribution in [2.24, 2.45) is 5.41 Å². The second-order valence-electron chi connectivity index (χ2n) is 5.77. The molecular weight excluding hydrogens is 205 g/mol. The predicted molar refractivity (Wildman–Crippen MR) is 64.3 cm³/mol. The van der Waals surface area contributed by atoms with Gasteiger partial charge in [0.1, 0.15) is 0 Å². The molecule has 0 unspecified atom stereocenters. The Morgan fingerprint density at radius 3 is 2.38 bits per heavy atom. The monoisotopic (exact) mass is 229 g/mol. The zero-order chi connectivity index (χ0) is 12.2. The van der Waals surface area contributed by atoms with Gasteiger partial charge in [-0.15, -0.1) is 0 Å². The molecule has 0 spiro atoms. The van der Waals surface area contributed by atoms with Gasteiger partial charge in [0.25, 0.3) is 0 Å². The molecule has 0 aliphatic carbocycles. The number of carbonyl (C=O) groups is 1. The van der Waals surface area contributed by atoms with Crippen molar-refractivity contribution in [3.63, 3.8) is 0 Å². The topological polar surface area (TPSA) is 20.3 Å². The summed E-state index contributed by atoms with van der Waals surface area (Å²) in [5, 5.41) is 0. The molecule has 1 rings (SSSR count). The number of likely N-dealkylation sites (tertiary alicyclic amines) is 1. The Labute approximate surface area is 98.2 Å². The van der Waals surface area contributed by atoms with Crippen molar-refractivity contribution in [1.82, 2.24) is 4.90 Å². The molecule has 0 radical (unpaired) electrons. The van der Waals surface area contributed by atoms with Crippen molar-refractivity contribution in [3.8, 4) is 0 Å². The van der Waals surface area contributed by atoms with E-state index in [1.807, 2.05) is 0 Å². The largest absolute Gasteiger partial charge is 0.303 e. The van der Waals surface area contributed by atoms with Gasteiger partial charge in [0, 0.05) is 5.41 Å². The molecule has 0 aromatic rings. The van der Waals surface area contributed by atoms with Crippen LogP contribution >= 0.6 is 0 Å². The lowest BCUT2D eigenvalue weighted by Crippen LogP contribution is -2.30. The molecule has 1 fully saturated rings. The van der Waals surface area contributed by atoms with Crippen LogP contribution in [0.25, 0.3) is 0 Å². The van der Waals surface area contributed by atoms with Gasteiger partial charge in [-0.3, -0.25) is 4.79 Å². The Hall–Kier alpha value is -0.440. The summed E-state index contributed by atoms with van der Waals surface area (Å²) in [7, 11) is 0. The average molecular weight is 229 g/mol. The number of rotatable bonds is 5. The highest BCUT2D eigenvalue weighted by Gasteiger charge is 2.29. The maximum Gasteiger partial charge on any atom is 0.172 e. The Balaban J connectivity index is 2.19. The summed E-state index contributed by atoms with van der Waals surface area (Å²) in [5.74, 6) is -0.256. The third kappa shape index (κ3) is 4.20. The fourth-order valence-corrected chi connectivity index (χ4v) is 2.10. The van der Waals surface area contributed by atoms with E-state index in [4.69, 9.17) is 0 Å². The highest BCUT2D eigenvalue weighted by atomic mass is 19.1. The lowest BCUT2D eigenvalue weighted by molar-refractivity contribution is -0.131. The number of ketones is 1. The fraction of sp³-hybridized carbons (Fsp3) is 0.923. The molecule has 16 heavy (non-hydrogen) atoms. The molecule has 0 saturated carbocycles. The van der Waals surface area contributed by atoms with E-state index >= 15 is 0 Å². The van der Waals surface area contributed by atoms with E-state index < -0.39 is 11.6 Å². The lowest BCUT2D eigenvalue weighted by Gasteiger charge is -2.20.